The van der Waals surface area contributed by atoms with Crippen LogP contribution in [0, 0.1) is 6.92 Å². The lowest BCUT2D eigenvalue weighted by Crippen LogP contribution is -2.41. The molecule has 4 N–H and O–H groups in total. The first kappa shape index (κ1) is 15.5. The minimum atomic E-state index is -0.777. The van der Waals surface area contributed by atoms with Gasteiger partial charge in [0.25, 0.3) is 5.56 Å². The molecule has 1 heterocycles. The van der Waals surface area contributed by atoms with Crippen LogP contribution in [0.5, 0.6) is 0 Å². The fourth-order valence-corrected chi connectivity index (χ4v) is 2.73. The maximum absolute atomic E-state index is 11.8. The zero-order valence-corrected chi connectivity index (χ0v) is 12.1. The zero-order chi connectivity index (χ0) is 15.5. The molecule has 0 spiro atoms. The number of carbonyl (C=O) groups is 1. The molecule has 0 saturated heterocycles. The summed E-state index contributed by atoms with van der Waals surface area (Å²) in [6.45, 7) is 1.89. The molecule has 1 amide bonds. The minimum absolute atomic E-state index is 0.145. The second-order valence-electron chi connectivity index (χ2n) is 5.72. The SMILES string of the molecule is Cc1[nH]c(=O)[nH]c(=O)c1CCC(=O)NCC1(O)CCCC1. The van der Waals surface area contributed by atoms with Gasteiger partial charge in [-0.05, 0) is 26.2 Å². The molecule has 1 aliphatic carbocycles. The average molecular weight is 295 g/mol. The highest BCUT2D eigenvalue weighted by atomic mass is 16.3. The highest BCUT2D eigenvalue weighted by Gasteiger charge is 2.31. The molecule has 116 valence electrons. The molecular weight excluding hydrogens is 274 g/mol. The van der Waals surface area contributed by atoms with Crippen LogP contribution in [0.2, 0.25) is 0 Å². The summed E-state index contributed by atoms with van der Waals surface area (Å²) in [4.78, 5) is 39.2. The van der Waals surface area contributed by atoms with Gasteiger partial charge in [-0.2, -0.15) is 0 Å². The Kier molecular flexibility index (Phi) is 4.62. The van der Waals surface area contributed by atoms with E-state index in [1.54, 1.807) is 6.92 Å². The van der Waals surface area contributed by atoms with E-state index in [1.807, 2.05) is 0 Å². The Balaban J connectivity index is 1.87. The van der Waals surface area contributed by atoms with E-state index in [2.05, 4.69) is 15.3 Å². The second kappa shape index (κ2) is 6.26. The van der Waals surface area contributed by atoms with E-state index in [1.165, 1.54) is 0 Å². The van der Waals surface area contributed by atoms with E-state index in [0.29, 0.717) is 24.1 Å². The van der Waals surface area contributed by atoms with Gasteiger partial charge in [0, 0.05) is 24.2 Å². The van der Waals surface area contributed by atoms with Crippen LogP contribution in [0.25, 0.3) is 0 Å². The number of hydrogen-bond donors (Lipinski definition) is 4. The normalized spacial score (nSPS) is 16.9. The summed E-state index contributed by atoms with van der Waals surface area (Å²) in [5.41, 5.74) is -0.899. The van der Waals surface area contributed by atoms with E-state index in [-0.39, 0.29) is 25.3 Å². The van der Waals surface area contributed by atoms with Gasteiger partial charge in [0.1, 0.15) is 0 Å². The Morgan fingerprint density at radius 1 is 1.29 bits per heavy atom. The van der Waals surface area contributed by atoms with Crippen molar-refractivity contribution >= 4 is 5.91 Å². The van der Waals surface area contributed by atoms with Crippen molar-refractivity contribution in [3.63, 3.8) is 0 Å². The van der Waals surface area contributed by atoms with Gasteiger partial charge in [-0.25, -0.2) is 4.79 Å². The van der Waals surface area contributed by atoms with Gasteiger partial charge in [-0.1, -0.05) is 12.8 Å². The average Bonchev–Trinajstić information content (AvgIpc) is 2.82. The van der Waals surface area contributed by atoms with Crippen LogP contribution in [0.15, 0.2) is 9.59 Å². The van der Waals surface area contributed by atoms with E-state index in [0.717, 1.165) is 12.8 Å². The first-order valence-corrected chi connectivity index (χ1v) is 7.21. The van der Waals surface area contributed by atoms with Crippen LogP contribution in [-0.2, 0) is 11.2 Å². The van der Waals surface area contributed by atoms with Crippen molar-refractivity contribution in [1.29, 1.82) is 0 Å². The lowest BCUT2D eigenvalue weighted by atomic mass is 10.0. The second-order valence-corrected chi connectivity index (χ2v) is 5.72. The lowest BCUT2D eigenvalue weighted by Gasteiger charge is -2.22. The maximum Gasteiger partial charge on any atom is 0.325 e. The van der Waals surface area contributed by atoms with Crippen molar-refractivity contribution in [1.82, 2.24) is 15.3 Å². The van der Waals surface area contributed by atoms with E-state index in [4.69, 9.17) is 0 Å². The molecule has 1 saturated carbocycles. The molecule has 1 fully saturated rings. The van der Waals surface area contributed by atoms with Crippen LogP contribution in [0.3, 0.4) is 0 Å². The number of carbonyl (C=O) groups excluding carboxylic acids is 1. The Labute approximate surface area is 121 Å². The van der Waals surface area contributed by atoms with Gasteiger partial charge < -0.3 is 15.4 Å². The van der Waals surface area contributed by atoms with Crippen molar-refractivity contribution in [2.75, 3.05) is 6.54 Å². The third kappa shape index (κ3) is 4.04. The van der Waals surface area contributed by atoms with Gasteiger partial charge in [0.05, 0.1) is 5.60 Å². The number of aryl methyl sites for hydroxylation is 1. The van der Waals surface area contributed by atoms with Crippen molar-refractivity contribution in [2.45, 2.75) is 51.0 Å². The van der Waals surface area contributed by atoms with Gasteiger partial charge in [0.2, 0.25) is 5.91 Å². The molecule has 21 heavy (non-hydrogen) atoms. The standard InChI is InChI=1S/C14H21N3O4/c1-9-10(12(19)17-13(20)16-9)4-5-11(18)15-8-14(21)6-2-3-7-14/h21H,2-8H2,1H3,(H,15,18)(H2,16,17,19,20). The number of aromatic amines is 2. The van der Waals surface area contributed by atoms with Crippen LogP contribution in [0.1, 0.15) is 43.4 Å². The summed E-state index contributed by atoms with van der Waals surface area (Å²) in [7, 11) is 0. The number of aliphatic hydroxyl groups is 1. The van der Waals surface area contributed by atoms with Crippen molar-refractivity contribution in [2.24, 2.45) is 0 Å². The van der Waals surface area contributed by atoms with E-state index in [9.17, 15) is 19.5 Å². The molecule has 0 radical (unpaired) electrons. The molecule has 7 nitrogen and oxygen atoms in total. The Morgan fingerprint density at radius 2 is 1.95 bits per heavy atom. The minimum Gasteiger partial charge on any atom is -0.388 e. The van der Waals surface area contributed by atoms with Crippen molar-refractivity contribution in [3.05, 3.63) is 32.1 Å². The summed E-state index contributed by atoms with van der Waals surface area (Å²) in [6, 6.07) is 0. The van der Waals surface area contributed by atoms with Crippen LogP contribution in [-0.4, -0.2) is 33.1 Å². The van der Waals surface area contributed by atoms with Crippen LogP contribution in [0.4, 0.5) is 0 Å². The third-order valence-corrected chi connectivity index (χ3v) is 4.01. The van der Waals surface area contributed by atoms with Crippen molar-refractivity contribution < 1.29 is 9.90 Å². The molecule has 1 aliphatic rings. The Bertz CT molecular complexity index is 626. The number of rotatable bonds is 5. The van der Waals surface area contributed by atoms with Crippen LogP contribution < -0.4 is 16.6 Å². The quantitative estimate of drug-likeness (QED) is 0.598. The molecule has 7 heteroatoms. The third-order valence-electron chi connectivity index (χ3n) is 4.01. The highest BCUT2D eigenvalue weighted by Crippen LogP contribution is 2.28. The molecule has 0 unspecified atom stereocenters. The maximum atomic E-state index is 11.8. The summed E-state index contributed by atoms with van der Waals surface area (Å²) in [5.74, 6) is -0.208. The zero-order valence-electron chi connectivity index (χ0n) is 12.1. The fourth-order valence-electron chi connectivity index (χ4n) is 2.73. The molecule has 0 aromatic carbocycles. The molecule has 0 aliphatic heterocycles. The van der Waals surface area contributed by atoms with Gasteiger partial charge >= 0.3 is 5.69 Å². The fraction of sp³-hybridized carbons (Fsp3) is 0.643. The predicted octanol–water partition coefficient (Wildman–Crippen LogP) is -0.274. The smallest absolute Gasteiger partial charge is 0.325 e. The molecule has 0 bridgehead atoms. The Hall–Kier alpha value is -1.89. The number of nitrogens with one attached hydrogen (secondary N) is 3. The number of hydrogen-bond acceptors (Lipinski definition) is 4. The predicted molar refractivity (Wildman–Crippen MR) is 77.2 cm³/mol. The largest absolute Gasteiger partial charge is 0.388 e. The van der Waals surface area contributed by atoms with Crippen LogP contribution >= 0.6 is 0 Å². The summed E-state index contributed by atoms with van der Waals surface area (Å²) in [6.07, 6.45) is 3.79. The first-order chi connectivity index (χ1) is 9.89. The first-order valence-electron chi connectivity index (χ1n) is 7.21. The van der Waals surface area contributed by atoms with Gasteiger partial charge in [-0.3, -0.25) is 14.6 Å². The van der Waals surface area contributed by atoms with Crippen molar-refractivity contribution in [3.8, 4) is 0 Å². The summed E-state index contributed by atoms with van der Waals surface area (Å²) in [5, 5.41) is 12.8. The number of aromatic nitrogens is 2. The van der Waals surface area contributed by atoms with Gasteiger partial charge in [0.15, 0.2) is 0 Å². The number of H-pyrrole nitrogens is 2. The molecule has 2 rings (SSSR count). The molecule has 1 aromatic rings. The van der Waals surface area contributed by atoms with Gasteiger partial charge in [-0.15, -0.1) is 0 Å². The summed E-state index contributed by atoms with van der Waals surface area (Å²) >= 11 is 0. The van der Waals surface area contributed by atoms with E-state index >= 15 is 0 Å². The molecule has 0 atom stereocenters. The lowest BCUT2D eigenvalue weighted by molar-refractivity contribution is -0.122. The summed E-state index contributed by atoms with van der Waals surface area (Å²) < 4.78 is 0. The number of amides is 1. The monoisotopic (exact) mass is 295 g/mol. The molecular formula is C14H21N3O4. The molecule has 1 aromatic heterocycles. The topological polar surface area (TPSA) is 115 Å². The highest BCUT2D eigenvalue weighted by molar-refractivity contribution is 5.76. The Morgan fingerprint density at radius 3 is 2.57 bits per heavy atom. The van der Waals surface area contributed by atoms with E-state index < -0.39 is 16.9 Å².